The van der Waals surface area contributed by atoms with E-state index in [1.165, 1.54) is 37.7 Å². The van der Waals surface area contributed by atoms with Gasteiger partial charge in [0, 0.05) is 18.5 Å². The molecular weight excluding hydrogens is 290 g/mol. The summed E-state index contributed by atoms with van der Waals surface area (Å²) in [6.07, 6.45) is 9.33. The van der Waals surface area contributed by atoms with Crippen molar-refractivity contribution in [3.63, 3.8) is 0 Å². The minimum atomic E-state index is 0.118. The predicted octanol–water partition coefficient (Wildman–Crippen LogP) is 1.65. The molecule has 6 nitrogen and oxygen atoms in total. The summed E-state index contributed by atoms with van der Waals surface area (Å²) in [6, 6.07) is 0.336. The highest BCUT2D eigenvalue weighted by molar-refractivity contribution is 5.51. The summed E-state index contributed by atoms with van der Waals surface area (Å²) in [5, 5.41) is 7.05. The molecule has 0 amide bonds. The minimum Gasteiger partial charge on any atom is -0.373 e. The number of nitrogens with one attached hydrogen (secondary N) is 2. The largest absolute Gasteiger partial charge is 0.373 e. The molecule has 4 N–H and O–H groups in total. The van der Waals surface area contributed by atoms with Crippen molar-refractivity contribution >= 4 is 11.8 Å². The van der Waals surface area contributed by atoms with E-state index in [1.807, 2.05) is 0 Å². The van der Waals surface area contributed by atoms with Crippen LogP contribution in [0.2, 0.25) is 0 Å². The molecule has 1 saturated heterocycles. The van der Waals surface area contributed by atoms with E-state index in [0.29, 0.717) is 12.0 Å². The number of hydrogen-bond acceptors (Lipinski definition) is 6. The fraction of sp³-hybridized carbons (Fsp3) is 0.765. The quantitative estimate of drug-likeness (QED) is 0.769. The zero-order valence-electron chi connectivity index (χ0n) is 13.7. The topological polar surface area (TPSA) is 85.1 Å². The SMILES string of the molecule is Nc1nc2c(c(N[C@H]3COC4(CCCCC4)C3)n1)CCNCC2. The molecule has 1 spiro atoms. The Kier molecular flexibility index (Phi) is 4.11. The van der Waals surface area contributed by atoms with E-state index >= 15 is 0 Å². The molecule has 0 radical (unpaired) electrons. The first-order chi connectivity index (χ1) is 11.2. The van der Waals surface area contributed by atoms with Gasteiger partial charge in [0.25, 0.3) is 0 Å². The second-order valence-electron chi connectivity index (χ2n) is 7.21. The van der Waals surface area contributed by atoms with E-state index in [1.54, 1.807) is 0 Å². The Morgan fingerprint density at radius 3 is 2.83 bits per heavy atom. The molecule has 4 rings (SSSR count). The second kappa shape index (κ2) is 6.24. The monoisotopic (exact) mass is 317 g/mol. The summed E-state index contributed by atoms with van der Waals surface area (Å²) in [7, 11) is 0. The van der Waals surface area contributed by atoms with Crippen molar-refractivity contribution in [2.75, 3.05) is 30.7 Å². The zero-order chi connectivity index (χ0) is 15.7. The van der Waals surface area contributed by atoms with Crippen LogP contribution in [0.3, 0.4) is 0 Å². The molecule has 1 atom stereocenters. The van der Waals surface area contributed by atoms with Crippen LogP contribution in [0.4, 0.5) is 11.8 Å². The number of fused-ring (bicyclic) bond motifs is 1. The first-order valence-electron chi connectivity index (χ1n) is 9.01. The van der Waals surface area contributed by atoms with Gasteiger partial charge in [0.1, 0.15) is 5.82 Å². The molecule has 23 heavy (non-hydrogen) atoms. The van der Waals surface area contributed by atoms with Crippen molar-refractivity contribution in [3.8, 4) is 0 Å². The molecular formula is C17H27N5O. The number of hydrogen-bond donors (Lipinski definition) is 3. The van der Waals surface area contributed by atoms with Crippen molar-refractivity contribution < 1.29 is 4.74 Å². The summed E-state index contributed by atoms with van der Waals surface area (Å²) >= 11 is 0. The molecule has 3 aliphatic rings. The van der Waals surface area contributed by atoms with Gasteiger partial charge < -0.3 is 21.1 Å². The fourth-order valence-electron chi connectivity index (χ4n) is 4.36. The van der Waals surface area contributed by atoms with Gasteiger partial charge in [-0.05, 0) is 32.2 Å². The Labute approximate surface area is 137 Å². The molecule has 2 aliphatic heterocycles. The predicted molar refractivity (Wildman–Crippen MR) is 90.5 cm³/mol. The summed E-state index contributed by atoms with van der Waals surface area (Å²) in [5.41, 5.74) is 8.37. The van der Waals surface area contributed by atoms with Gasteiger partial charge in [-0.25, -0.2) is 4.98 Å². The summed E-state index contributed by atoms with van der Waals surface area (Å²) in [6.45, 7) is 2.70. The van der Waals surface area contributed by atoms with Crippen molar-refractivity contribution in [2.24, 2.45) is 0 Å². The number of nitrogens with two attached hydrogens (primary N) is 1. The fourth-order valence-corrected chi connectivity index (χ4v) is 4.36. The lowest BCUT2D eigenvalue weighted by atomic mass is 9.82. The van der Waals surface area contributed by atoms with E-state index in [9.17, 15) is 0 Å². The van der Waals surface area contributed by atoms with Crippen LogP contribution >= 0.6 is 0 Å². The third kappa shape index (κ3) is 3.15. The Morgan fingerprint density at radius 1 is 1.13 bits per heavy atom. The number of ether oxygens (including phenoxy) is 1. The van der Waals surface area contributed by atoms with Crippen molar-refractivity contribution in [3.05, 3.63) is 11.3 Å². The number of rotatable bonds is 2. The van der Waals surface area contributed by atoms with Crippen molar-refractivity contribution in [2.45, 2.75) is 63.0 Å². The third-order valence-corrected chi connectivity index (χ3v) is 5.52. The molecule has 1 aromatic heterocycles. The van der Waals surface area contributed by atoms with E-state index in [0.717, 1.165) is 50.5 Å². The smallest absolute Gasteiger partial charge is 0.222 e. The molecule has 1 saturated carbocycles. The van der Waals surface area contributed by atoms with Crippen LogP contribution in [0.5, 0.6) is 0 Å². The maximum absolute atomic E-state index is 6.22. The molecule has 0 aromatic carbocycles. The molecule has 126 valence electrons. The third-order valence-electron chi connectivity index (χ3n) is 5.52. The maximum atomic E-state index is 6.22. The normalized spacial score (nSPS) is 26.7. The number of anilines is 2. The Bertz CT molecular complexity index is 570. The lowest BCUT2D eigenvalue weighted by molar-refractivity contribution is -0.0244. The molecule has 0 unspecified atom stereocenters. The van der Waals surface area contributed by atoms with Crippen LogP contribution in [0.15, 0.2) is 0 Å². The minimum absolute atomic E-state index is 0.118. The van der Waals surface area contributed by atoms with E-state index < -0.39 is 0 Å². The average Bonchev–Trinajstić information content (AvgIpc) is 2.77. The van der Waals surface area contributed by atoms with E-state index in [-0.39, 0.29) is 5.60 Å². The van der Waals surface area contributed by atoms with Gasteiger partial charge in [-0.2, -0.15) is 4.98 Å². The summed E-state index contributed by atoms with van der Waals surface area (Å²) in [5.74, 6) is 1.30. The van der Waals surface area contributed by atoms with Crippen molar-refractivity contribution in [1.82, 2.24) is 15.3 Å². The van der Waals surface area contributed by atoms with Crippen LogP contribution in [0, 0.1) is 0 Å². The molecule has 2 fully saturated rings. The van der Waals surface area contributed by atoms with Gasteiger partial charge >= 0.3 is 0 Å². The molecule has 3 heterocycles. The Hall–Kier alpha value is -1.40. The highest BCUT2D eigenvalue weighted by Gasteiger charge is 2.41. The molecule has 0 bridgehead atoms. The highest BCUT2D eigenvalue weighted by Crippen LogP contribution is 2.40. The van der Waals surface area contributed by atoms with Gasteiger partial charge in [-0.15, -0.1) is 0 Å². The van der Waals surface area contributed by atoms with Gasteiger partial charge in [0.05, 0.1) is 23.9 Å². The van der Waals surface area contributed by atoms with Crippen molar-refractivity contribution in [1.29, 1.82) is 0 Å². The standard InChI is InChI=1S/C17H27N5O/c18-16-21-14-5-9-19-8-4-13(14)15(22-16)20-12-10-17(23-11-12)6-2-1-3-7-17/h12,19H,1-11H2,(H3,18,20,21,22)/t12-/m1/s1. The highest BCUT2D eigenvalue weighted by atomic mass is 16.5. The number of aromatic nitrogens is 2. The first kappa shape index (κ1) is 15.1. The van der Waals surface area contributed by atoms with E-state index in [4.69, 9.17) is 10.5 Å². The van der Waals surface area contributed by atoms with Crippen LogP contribution in [-0.2, 0) is 17.6 Å². The number of nitrogens with zero attached hydrogens (tertiary/aromatic N) is 2. The summed E-state index contributed by atoms with van der Waals surface area (Å²) < 4.78 is 6.22. The zero-order valence-corrected chi connectivity index (χ0v) is 13.7. The first-order valence-corrected chi connectivity index (χ1v) is 9.01. The average molecular weight is 317 g/mol. The Morgan fingerprint density at radius 2 is 1.96 bits per heavy atom. The lowest BCUT2D eigenvalue weighted by Gasteiger charge is -2.32. The van der Waals surface area contributed by atoms with Gasteiger partial charge in [-0.1, -0.05) is 19.3 Å². The summed E-state index contributed by atoms with van der Waals surface area (Å²) in [4.78, 5) is 8.95. The van der Waals surface area contributed by atoms with Gasteiger partial charge in [0.2, 0.25) is 5.95 Å². The van der Waals surface area contributed by atoms with Crippen LogP contribution < -0.4 is 16.4 Å². The maximum Gasteiger partial charge on any atom is 0.222 e. The van der Waals surface area contributed by atoms with Crippen LogP contribution in [-0.4, -0.2) is 41.3 Å². The van der Waals surface area contributed by atoms with Crippen LogP contribution in [0.1, 0.15) is 49.8 Å². The molecule has 6 heteroatoms. The van der Waals surface area contributed by atoms with Gasteiger partial charge in [-0.3, -0.25) is 0 Å². The molecule has 1 aromatic rings. The van der Waals surface area contributed by atoms with Gasteiger partial charge in [0.15, 0.2) is 0 Å². The molecule has 1 aliphatic carbocycles. The Balaban J connectivity index is 1.52. The van der Waals surface area contributed by atoms with Crippen LogP contribution in [0.25, 0.3) is 0 Å². The number of nitrogen functional groups attached to an aromatic ring is 1. The second-order valence-corrected chi connectivity index (χ2v) is 7.21. The lowest BCUT2D eigenvalue weighted by Crippen LogP contribution is -2.32. The van der Waals surface area contributed by atoms with E-state index in [2.05, 4.69) is 20.6 Å².